The smallest absolute Gasteiger partial charge is 0.0594 e. The van der Waals surface area contributed by atoms with Gasteiger partial charge in [0.1, 0.15) is 0 Å². The number of aryl methyl sites for hydroxylation is 2. The number of nitrogens with zero attached hydrogens (tertiary/aromatic N) is 3. The van der Waals surface area contributed by atoms with Crippen molar-refractivity contribution < 1.29 is 4.74 Å². The summed E-state index contributed by atoms with van der Waals surface area (Å²) >= 11 is 0. The minimum atomic E-state index is 0.0527. The molecule has 1 aliphatic rings. The van der Waals surface area contributed by atoms with Gasteiger partial charge >= 0.3 is 0 Å². The van der Waals surface area contributed by atoms with Crippen molar-refractivity contribution >= 4 is 0 Å². The predicted molar refractivity (Wildman–Crippen MR) is 83.7 cm³/mol. The lowest BCUT2D eigenvalue weighted by Crippen LogP contribution is -2.63. The van der Waals surface area contributed by atoms with Crippen molar-refractivity contribution in [3.05, 3.63) is 18.0 Å². The number of nitrogens with two attached hydrogens (primary N) is 1. The van der Waals surface area contributed by atoms with Crippen LogP contribution in [0, 0.1) is 0 Å². The molecule has 0 bridgehead atoms. The van der Waals surface area contributed by atoms with Crippen LogP contribution >= 0.6 is 0 Å². The van der Waals surface area contributed by atoms with Crippen LogP contribution < -0.4 is 11.3 Å². The Morgan fingerprint density at radius 3 is 2.71 bits per heavy atom. The van der Waals surface area contributed by atoms with E-state index in [1.807, 2.05) is 17.9 Å². The minimum Gasteiger partial charge on any atom is -0.379 e. The van der Waals surface area contributed by atoms with E-state index in [9.17, 15) is 0 Å². The van der Waals surface area contributed by atoms with E-state index in [1.54, 1.807) is 0 Å². The molecule has 2 unspecified atom stereocenters. The third-order valence-corrected chi connectivity index (χ3v) is 5.01. The van der Waals surface area contributed by atoms with Crippen molar-refractivity contribution in [3.63, 3.8) is 0 Å². The normalized spacial score (nSPS) is 21.1. The lowest BCUT2D eigenvalue weighted by Gasteiger charge is -2.47. The second kappa shape index (κ2) is 7.35. The van der Waals surface area contributed by atoms with Crippen molar-refractivity contribution in [2.75, 3.05) is 26.3 Å². The highest BCUT2D eigenvalue weighted by Gasteiger charge is 2.38. The van der Waals surface area contributed by atoms with Gasteiger partial charge in [0, 0.05) is 43.6 Å². The average molecular weight is 295 g/mol. The van der Waals surface area contributed by atoms with Crippen molar-refractivity contribution in [2.45, 2.75) is 44.7 Å². The van der Waals surface area contributed by atoms with Gasteiger partial charge in [0.05, 0.1) is 13.2 Å². The fraction of sp³-hybridized carbons (Fsp3) is 0.800. The van der Waals surface area contributed by atoms with Crippen LogP contribution in [0.25, 0.3) is 0 Å². The maximum atomic E-state index is 5.89. The fourth-order valence-corrected chi connectivity index (χ4v) is 3.28. The highest BCUT2D eigenvalue weighted by atomic mass is 16.5. The number of ether oxygens (including phenoxy) is 1. The van der Waals surface area contributed by atoms with E-state index in [4.69, 9.17) is 10.6 Å². The van der Waals surface area contributed by atoms with E-state index in [0.717, 1.165) is 45.6 Å². The molecule has 0 aromatic carbocycles. The SMILES string of the molecule is CCC(C)(C(CCc1ccnn1C)NN)N1CCOCC1. The summed E-state index contributed by atoms with van der Waals surface area (Å²) in [5.41, 5.74) is 4.36. The summed E-state index contributed by atoms with van der Waals surface area (Å²) in [5.74, 6) is 5.89. The van der Waals surface area contributed by atoms with Crippen LogP contribution in [0.1, 0.15) is 32.4 Å². The summed E-state index contributed by atoms with van der Waals surface area (Å²) in [4.78, 5) is 2.52. The van der Waals surface area contributed by atoms with Gasteiger partial charge < -0.3 is 4.74 Å². The highest BCUT2D eigenvalue weighted by molar-refractivity contribution is 5.03. The van der Waals surface area contributed by atoms with Crippen LogP contribution in [0.3, 0.4) is 0 Å². The van der Waals surface area contributed by atoms with Gasteiger partial charge in [-0.15, -0.1) is 0 Å². The molecule has 1 aliphatic heterocycles. The third kappa shape index (κ3) is 3.63. The number of morpholine rings is 1. The van der Waals surface area contributed by atoms with Crippen molar-refractivity contribution in [2.24, 2.45) is 12.9 Å². The summed E-state index contributed by atoms with van der Waals surface area (Å²) in [6.45, 7) is 8.14. The Morgan fingerprint density at radius 1 is 1.48 bits per heavy atom. The molecule has 2 atom stereocenters. The molecule has 0 amide bonds. The van der Waals surface area contributed by atoms with E-state index >= 15 is 0 Å². The van der Waals surface area contributed by atoms with Gasteiger partial charge in [0.2, 0.25) is 0 Å². The molecule has 1 fully saturated rings. The van der Waals surface area contributed by atoms with Crippen LogP contribution in [0.5, 0.6) is 0 Å². The Labute approximate surface area is 127 Å². The van der Waals surface area contributed by atoms with E-state index in [-0.39, 0.29) is 11.6 Å². The first kappa shape index (κ1) is 16.4. The van der Waals surface area contributed by atoms with E-state index < -0.39 is 0 Å². The van der Waals surface area contributed by atoms with Gasteiger partial charge in [-0.1, -0.05) is 6.92 Å². The lowest BCUT2D eigenvalue weighted by molar-refractivity contribution is -0.0334. The Bertz CT molecular complexity index is 429. The largest absolute Gasteiger partial charge is 0.379 e. The second-order valence-electron chi connectivity index (χ2n) is 6.01. The van der Waals surface area contributed by atoms with Crippen molar-refractivity contribution in [1.82, 2.24) is 20.1 Å². The van der Waals surface area contributed by atoms with Crippen LogP contribution in [0.15, 0.2) is 12.3 Å². The molecule has 1 aromatic rings. The topological polar surface area (TPSA) is 68.3 Å². The minimum absolute atomic E-state index is 0.0527. The number of hydrogen-bond donors (Lipinski definition) is 2. The molecule has 0 spiro atoms. The number of hydrogen-bond acceptors (Lipinski definition) is 5. The zero-order valence-corrected chi connectivity index (χ0v) is 13.5. The molecular weight excluding hydrogens is 266 g/mol. The lowest BCUT2D eigenvalue weighted by atomic mass is 9.84. The van der Waals surface area contributed by atoms with Gasteiger partial charge in [-0.25, -0.2) is 0 Å². The molecule has 2 heterocycles. The Balaban J connectivity index is 2.03. The average Bonchev–Trinajstić information content (AvgIpc) is 2.93. The predicted octanol–water partition coefficient (Wildman–Crippen LogP) is 0.686. The molecule has 0 radical (unpaired) electrons. The zero-order chi connectivity index (χ0) is 15.3. The maximum Gasteiger partial charge on any atom is 0.0594 e. The molecular formula is C15H29N5O. The van der Waals surface area contributed by atoms with Gasteiger partial charge in [-0.2, -0.15) is 5.10 Å². The molecule has 6 heteroatoms. The molecule has 6 nitrogen and oxygen atoms in total. The standard InChI is InChI=1S/C15H29N5O/c1-4-15(2,20-9-11-21-12-10-20)14(18-16)6-5-13-7-8-17-19(13)3/h7-8,14,18H,4-6,9-12,16H2,1-3H3. The first-order chi connectivity index (χ1) is 10.1. The fourth-order valence-electron chi connectivity index (χ4n) is 3.28. The van der Waals surface area contributed by atoms with E-state index in [2.05, 4.69) is 35.3 Å². The monoisotopic (exact) mass is 295 g/mol. The van der Waals surface area contributed by atoms with Crippen LogP contribution in [0.2, 0.25) is 0 Å². The van der Waals surface area contributed by atoms with Gasteiger partial charge in [0.15, 0.2) is 0 Å². The van der Waals surface area contributed by atoms with Crippen LogP contribution in [-0.2, 0) is 18.2 Å². The van der Waals surface area contributed by atoms with E-state index in [1.165, 1.54) is 5.69 Å². The quantitative estimate of drug-likeness (QED) is 0.572. The van der Waals surface area contributed by atoms with E-state index in [0.29, 0.717) is 0 Å². The Kier molecular flexibility index (Phi) is 5.75. The molecule has 0 saturated carbocycles. The number of aromatic nitrogens is 2. The second-order valence-corrected chi connectivity index (χ2v) is 6.01. The summed E-state index contributed by atoms with van der Waals surface area (Å²) < 4.78 is 7.42. The number of nitrogens with one attached hydrogen (secondary N) is 1. The summed E-state index contributed by atoms with van der Waals surface area (Å²) in [6.07, 6.45) is 4.89. The summed E-state index contributed by atoms with van der Waals surface area (Å²) in [6, 6.07) is 2.32. The highest BCUT2D eigenvalue weighted by Crippen LogP contribution is 2.27. The molecule has 21 heavy (non-hydrogen) atoms. The molecule has 120 valence electrons. The molecule has 1 saturated heterocycles. The summed E-state index contributed by atoms with van der Waals surface area (Å²) in [7, 11) is 1.99. The van der Waals surface area contributed by atoms with Gasteiger partial charge in [-0.3, -0.25) is 20.9 Å². The van der Waals surface area contributed by atoms with Gasteiger partial charge in [-0.05, 0) is 32.3 Å². The Morgan fingerprint density at radius 2 is 2.19 bits per heavy atom. The maximum absolute atomic E-state index is 5.89. The van der Waals surface area contributed by atoms with Crippen molar-refractivity contribution in [1.29, 1.82) is 0 Å². The van der Waals surface area contributed by atoms with Gasteiger partial charge in [0.25, 0.3) is 0 Å². The Hall–Kier alpha value is -0.950. The van der Waals surface area contributed by atoms with Crippen LogP contribution in [-0.4, -0.2) is 52.6 Å². The zero-order valence-electron chi connectivity index (χ0n) is 13.5. The van der Waals surface area contributed by atoms with Crippen molar-refractivity contribution in [3.8, 4) is 0 Å². The molecule has 0 aliphatic carbocycles. The summed E-state index contributed by atoms with van der Waals surface area (Å²) in [5, 5.41) is 4.23. The number of hydrazine groups is 1. The third-order valence-electron chi connectivity index (χ3n) is 5.01. The molecule has 3 N–H and O–H groups in total. The first-order valence-electron chi connectivity index (χ1n) is 7.87. The molecule has 1 aromatic heterocycles. The van der Waals surface area contributed by atoms with Crippen LogP contribution in [0.4, 0.5) is 0 Å². The first-order valence-corrected chi connectivity index (χ1v) is 7.87. The number of rotatable bonds is 7. The molecule has 2 rings (SSSR count).